The molecule has 4 heteroatoms. The Labute approximate surface area is 339 Å². The lowest BCUT2D eigenvalue weighted by molar-refractivity contribution is 0.483. The Morgan fingerprint density at radius 3 is 0.685 bits per heavy atom. The minimum atomic E-state index is -4.08. The van der Waals surface area contributed by atoms with Crippen molar-refractivity contribution in [3.05, 3.63) is 29.8 Å². The molecule has 0 saturated carbocycles. The first-order chi connectivity index (χ1) is 26.5. The third-order valence-corrected chi connectivity index (χ3v) is 12.9. The monoisotopic (exact) mass is 775 g/mol. The lowest BCUT2D eigenvalue weighted by Gasteiger charge is -2.05. The Morgan fingerprint density at radius 2 is 0.500 bits per heavy atom. The van der Waals surface area contributed by atoms with Crippen LogP contribution in [0.2, 0.25) is 0 Å². The fourth-order valence-electron chi connectivity index (χ4n) is 8.30. The van der Waals surface area contributed by atoms with E-state index in [0.717, 1.165) is 18.4 Å². The Hall–Kier alpha value is -0.870. The highest BCUT2D eigenvalue weighted by Gasteiger charge is 2.08. The van der Waals surface area contributed by atoms with Crippen LogP contribution >= 0.6 is 0 Å². The second kappa shape index (κ2) is 40.3. The molecule has 0 atom stereocenters. The molecule has 1 aromatic carbocycles. The van der Waals surface area contributed by atoms with Crippen LogP contribution < -0.4 is 0 Å². The van der Waals surface area contributed by atoms with Gasteiger partial charge in [-0.3, -0.25) is 4.55 Å². The van der Waals surface area contributed by atoms with Gasteiger partial charge in [0.25, 0.3) is 10.1 Å². The Morgan fingerprint density at radius 1 is 0.315 bits per heavy atom. The molecule has 0 aliphatic carbocycles. The van der Waals surface area contributed by atoms with Gasteiger partial charge >= 0.3 is 0 Å². The molecule has 0 heterocycles. The van der Waals surface area contributed by atoms with Crippen LogP contribution in [0.5, 0.6) is 0 Å². The fourth-order valence-corrected chi connectivity index (χ4v) is 8.78. The molecular weight excluding hydrogens is 681 g/mol. The predicted octanol–water partition coefficient (Wildman–Crippen LogP) is 17.9. The Kier molecular flexibility index (Phi) is 38.2. The molecule has 0 amide bonds. The summed E-state index contributed by atoms with van der Waals surface area (Å²) in [5, 5.41) is 0. The van der Waals surface area contributed by atoms with E-state index in [9.17, 15) is 8.42 Å². The third kappa shape index (κ3) is 36.7. The van der Waals surface area contributed by atoms with E-state index in [4.69, 9.17) is 4.55 Å². The van der Waals surface area contributed by atoms with Crippen molar-refractivity contribution in [1.82, 2.24) is 0 Å². The number of hydrogen-bond acceptors (Lipinski definition) is 2. The smallest absolute Gasteiger partial charge is 0.282 e. The molecular formula is C50H94O3S. The Bertz CT molecular complexity index is 972. The molecule has 3 nitrogen and oxygen atoms in total. The minimum Gasteiger partial charge on any atom is -0.282 e. The second-order valence-corrected chi connectivity index (χ2v) is 18.8. The van der Waals surface area contributed by atoms with Crippen LogP contribution in [-0.2, 0) is 16.5 Å². The highest BCUT2D eigenvalue weighted by Crippen LogP contribution is 2.19. The van der Waals surface area contributed by atoms with Gasteiger partial charge in [0.1, 0.15) is 0 Å². The summed E-state index contributed by atoms with van der Waals surface area (Å²) in [7, 11) is -4.08. The van der Waals surface area contributed by atoms with Crippen LogP contribution in [0.15, 0.2) is 29.2 Å². The molecule has 0 fully saturated rings. The van der Waals surface area contributed by atoms with E-state index in [1.54, 1.807) is 0 Å². The van der Waals surface area contributed by atoms with Crippen LogP contribution in [-0.4, -0.2) is 13.0 Å². The third-order valence-electron chi connectivity index (χ3n) is 12.0. The average Bonchev–Trinajstić information content (AvgIpc) is 3.16. The van der Waals surface area contributed by atoms with Gasteiger partial charge in [0.2, 0.25) is 0 Å². The highest BCUT2D eigenvalue weighted by molar-refractivity contribution is 7.85. The number of benzene rings is 1. The van der Waals surface area contributed by atoms with Crippen molar-refractivity contribution in [2.45, 2.75) is 288 Å². The molecule has 0 saturated heterocycles. The SMILES string of the molecule is CCCCCCCCCCCCCCCCCCCCCCCCCCCCCCCCCCCCCCCCCCCCc1ccc(S(=O)(=O)O)cc1. The first-order valence-electron chi connectivity index (χ1n) is 24.6. The zero-order valence-corrected chi connectivity index (χ0v) is 37.2. The maximum absolute atomic E-state index is 11.1. The molecule has 0 unspecified atom stereocenters. The lowest BCUT2D eigenvalue weighted by Crippen LogP contribution is -1.98. The van der Waals surface area contributed by atoms with E-state index in [-0.39, 0.29) is 4.90 Å². The van der Waals surface area contributed by atoms with Crippen molar-refractivity contribution in [3.63, 3.8) is 0 Å². The maximum atomic E-state index is 11.1. The normalized spacial score (nSPS) is 11.9. The topological polar surface area (TPSA) is 54.4 Å². The van der Waals surface area contributed by atoms with Crippen molar-refractivity contribution in [3.8, 4) is 0 Å². The summed E-state index contributed by atoms with van der Waals surface area (Å²) in [4.78, 5) is -0.0200. The summed E-state index contributed by atoms with van der Waals surface area (Å²) in [6.45, 7) is 2.31. The van der Waals surface area contributed by atoms with E-state index in [0.29, 0.717) is 0 Å². The average molecular weight is 775 g/mol. The van der Waals surface area contributed by atoms with Crippen LogP contribution in [0, 0.1) is 0 Å². The van der Waals surface area contributed by atoms with Gasteiger partial charge in [-0.05, 0) is 30.5 Å². The zero-order valence-electron chi connectivity index (χ0n) is 36.4. The standard InChI is InChI=1S/C50H94O3S/c1-2-3-4-5-6-7-8-9-10-11-12-13-14-15-16-17-18-19-20-21-22-23-24-25-26-27-28-29-30-31-32-33-34-35-36-37-38-39-40-41-42-43-44-49-45-47-50(48-46-49)54(51,52)53/h45-48H,2-44H2,1H3,(H,51,52,53). The number of aryl methyl sites for hydroxylation is 1. The van der Waals surface area contributed by atoms with Gasteiger partial charge in [-0.2, -0.15) is 8.42 Å². The van der Waals surface area contributed by atoms with Gasteiger partial charge in [0.05, 0.1) is 4.90 Å². The predicted molar refractivity (Wildman–Crippen MR) is 240 cm³/mol. The number of hydrogen-bond donors (Lipinski definition) is 1. The van der Waals surface area contributed by atoms with E-state index in [1.807, 2.05) is 12.1 Å². The quantitative estimate of drug-likeness (QED) is 0.0531. The zero-order chi connectivity index (χ0) is 38.9. The molecule has 0 aliphatic rings. The molecule has 0 spiro atoms. The van der Waals surface area contributed by atoms with Crippen molar-refractivity contribution in [2.75, 3.05) is 0 Å². The number of unbranched alkanes of at least 4 members (excludes halogenated alkanes) is 41. The highest BCUT2D eigenvalue weighted by atomic mass is 32.2. The first kappa shape index (κ1) is 51.1. The molecule has 1 rings (SSSR count). The van der Waals surface area contributed by atoms with Crippen molar-refractivity contribution in [1.29, 1.82) is 0 Å². The summed E-state index contributed by atoms with van der Waals surface area (Å²) >= 11 is 0. The molecule has 0 aliphatic heterocycles. The van der Waals surface area contributed by atoms with Gasteiger partial charge in [0, 0.05) is 0 Å². The van der Waals surface area contributed by atoms with Gasteiger partial charge < -0.3 is 0 Å². The van der Waals surface area contributed by atoms with Gasteiger partial charge in [0.15, 0.2) is 0 Å². The summed E-state index contributed by atoms with van der Waals surface area (Å²) in [6.07, 6.45) is 61.4. The fraction of sp³-hybridized carbons (Fsp3) is 0.880. The summed E-state index contributed by atoms with van der Waals surface area (Å²) < 4.78 is 31.3. The summed E-state index contributed by atoms with van der Waals surface area (Å²) in [5.41, 5.74) is 1.14. The Balaban J connectivity index is 1.64. The van der Waals surface area contributed by atoms with Crippen molar-refractivity contribution in [2.24, 2.45) is 0 Å². The largest absolute Gasteiger partial charge is 0.294 e. The molecule has 1 aromatic rings. The minimum absolute atomic E-state index is 0.0200. The molecule has 0 radical (unpaired) electrons. The maximum Gasteiger partial charge on any atom is 0.294 e. The molecule has 0 aromatic heterocycles. The van der Waals surface area contributed by atoms with Gasteiger partial charge in [-0.1, -0.05) is 282 Å². The van der Waals surface area contributed by atoms with E-state index < -0.39 is 10.1 Å². The van der Waals surface area contributed by atoms with Crippen molar-refractivity contribution >= 4 is 10.1 Å². The summed E-state index contributed by atoms with van der Waals surface area (Å²) in [5.74, 6) is 0. The van der Waals surface area contributed by atoms with Crippen LogP contribution in [0.4, 0.5) is 0 Å². The lowest BCUT2D eigenvalue weighted by atomic mass is 10.0. The first-order valence-corrected chi connectivity index (χ1v) is 26.0. The second-order valence-electron chi connectivity index (χ2n) is 17.4. The van der Waals surface area contributed by atoms with Crippen molar-refractivity contribution < 1.29 is 13.0 Å². The molecule has 0 bridgehead atoms. The number of rotatable bonds is 44. The van der Waals surface area contributed by atoms with E-state index in [1.165, 1.54) is 275 Å². The van der Waals surface area contributed by atoms with E-state index >= 15 is 0 Å². The van der Waals surface area contributed by atoms with Crippen LogP contribution in [0.3, 0.4) is 0 Å². The molecule has 318 valence electrons. The molecule has 1 N–H and O–H groups in total. The van der Waals surface area contributed by atoms with Gasteiger partial charge in [-0.25, -0.2) is 0 Å². The van der Waals surface area contributed by atoms with Crippen LogP contribution in [0.1, 0.15) is 282 Å². The molecule has 54 heavy (non-hydrogen) atoms. The summed E-state index contributed by atoms with van der Waals surface area (Å²) in [6, 6.07) is 6.62. The van der Waals surface area contributed by atoms with Gasteiger partial charge in [-0.15, -0.1) is 0 Å². The van der Waals surface area contributed by atoms with Crippen LogP contribution in [0.25, 0.3) is 0 Å². The van der Waals surface area contributed by atoms with E-state index in [2.05, 4.69) is 6.92 Å².